The van der Waals surface area contributed by atoms with E-state index >= 15 is 0 Å². The highest BCUT2D eigenvalue weighted by Crippen LogP contribution is 2.20. The van der Waals surface area contributed by atoms with Gasteiger partial charge in [0.1, 0.15) is 18.1 Å². The Morgan fingerprint density at radius 2 is 1.44 bits per heavy atom. The zero-order valence-corrected chi connectivity index (χ0v) is 15.1. The molecule has 0 aliphatic rings. The SMILES string of the molecule is CC(C)(C)C(=O)Oc1ccc(COC(=O)Oc2ccc([N+](=O)[O-])cc2)cc1. The van der Waals surface area contributed by atoms with Crippen molar-refractivity contribution in [1.29, 1.82) is 0 Å². The van der Waals surface area contributed by atoms with E-state index in [-0.39, 0.29) is 24.0 Å². The van der Waals surface area contributed by atoms with Crippen LogP contribution in [0.4, 0.5) is 10.5 Å². The van der Waals surface area contributed by atoms with E-state index in [4.69, 9.17) is 14.2 Å². The molecule has 0 aromatic heterocycles. The Bertz CT molecular complexity index is 821. The Labute approximate surface area is 155 Å². The predicted molar refractivity (Wildman–Crippen MR) is 95.4 cm³/mol. The Morgan fingerprint density at radius 3 is 1.96 bits per heavy atom. The van der Waals surface area contributed by atoms with Crippen LogP contribution in [-0.2, 0) is 16.1 Å². The molecule has 0 N–H and O–H groups in total. The monoisotopic (exact) mass is 373 g/mol. The van der Waals surface area contributed by atoms with Gasteiger partial charge in [-0.1, -0.05) is 12.1 Å². The van der Waals surface area contributed by atoms with Gasteiger partial charge < -0.3 is 14.2 Å². The smallest absolute Gasteiger partial charge is 0.429 e. The summed E-state index contributed by atoms with van der Waals surface area (Å²) in [4.78, 5) is 33.5. The summed E-state index contributed by atoms with van der Waals surface area (Å²) < 4.78 is 15.2. The molecule has 8 heteroatoms. The summed E-state index contributed by atoms with van der Waals surface area (Å²) in [6, 6.07) is 11.6. The first-order chi connectivity index (χ1) is 12.6. The van der Waals surface area contributed by atoms with Crippen molar-refractivity contribution in [2.24, 2.45) is 5.41 Å². The number of hydrogen-bond donors (Lipinski definition) is 0. The number of benzene rings is 2. The van der Waals surface area contributed by atoms with Crippen LogP contribution in [0.2, 0.25) is 0 Å². The molecule has 2 aromatic carbocycles. The molecular weight excluding hydrogens is 354 g/mol. The van der Waals surface area contributed by atoms with Gasteiger partial charge in [-0.3, -0.25) is 14.9 Å². The second-order valence-electron chi connectivity index (χ2n) is 6.68. The predicted octanol–water partition coefficient (Wildman–Crippen LogP) is 4.26. The number of esters is 1. The third kappa shape index (κ3) is 6.10. The average Bonchev–Trinajstić information content (AvgIpc) is 2.61. The lowest BCUT2D eigenvalue weighted by Crippen LogP contribution is -2.25. The van der Waals surface area contributed by atoms with Crippen molar-refractivity contribution in [3.8, 4) is 11.5 Å². The van der Waals surface area contributed by atoms with Crippen LogP contribution in [0.3, 0.4) is 0 Å². The van der Waals surface area contributed by atoms with Gasteiger partial charge in [-0.2, -0.15) is 0 Å². The van der Waals surface area contributed by atoms with Crippen molar-refractivity contribution in [3.05, 3.63) is 64.2 Å². The maximum Gasteiger partial charge on any atom is 0.514 e. The molecule has 0 aliphatic carbocycles. The van der Waals surface area contributed by atoms with E-state index in [1.54, 1.807) is 45.0 Å². The van der Waals surface area contributed by atoms with Crippen LogP contribution in [-0.4, -0.2) is 17.0 Å². The van der Waals surface area contributed by atoms with Gasteiger partial charge in [0.15, 0.2) is 0 Å². The van der Waals surface area contributed by atoms with Crippen LogP contribution in [0, 0.1) is 15.5 Å². The quantitative estimate of drug-likeness (QED) is 0.253. The Kier molecular flexibility index (Phi) is 6.12. The van der Waals surface area contributed by atoms with Gasteiger partial charge in [-0.05, 0) is 50.6 Å². The van der Waals surface area contributed by atoms with Crippen molar-refractivity contribution in [1.82, 2.24) is 0 Å². The van der Waals surface area contributed by atoms with E-state index < -0.39 is 16.5 Å². The van der Waals surface area contributed by atoms with Gasteiger partial charge in [0.2, 0.25) is 0 Å². The topological polar surface area (TPSA) is 105 Å². The van der Waals surface area contributed by atoms with Crippen LogP contribution in [0.25, 0.3) is 0 Å². The third-order valence-corrected chi connectivity index (χ3v) is 3.35. The van der Waals surface area contributed by atoms with E-state index in [9.17, 15) is 19.7 Å². The minimum absolute atomic E-state index is 0.0423. The van der Waals surface area contributed by atoms with E-state index in [2.05, 4.69) is 0 Å². The molecule has 0 atom stereocenters. The second-order valence-corrected chi connectivity index (χ2v) is 6.68. The zero-order chi connectivity index (χ0) is 20.0. The fourth-order valence-electron chi connectivity index (χ4n) is 1.82. The van der Waals surface area contributed by atoms with Crippen LogP contribution in [0.5, 0.6) is 11.5 Å². The maximum absolute atomic E-state index is 11.8. The number of non-ortho nitro benzene ring substituents is 1. The highest BCUT2D eigenvalue weighted by atomic mass is 16.7. The molecule has 8 nitrogen and oxygen atoms in total. The van der Waals surface area contributed by atoms with Gasteiger partial charge in [0.05, 0.1) is 10.3 Å². The fraction of sp³-hybridized carbons (Fsp3) is 0.263. The van der Waals surface area contributed by atoms with Crippen LogP contribution < -0.4 is 9.47 Å². The van der Waals surface area contributed by atoms with E-state index in [1.165, 1.54) is 24.3 Å². The molecule has 27 heavy (non-hydrogen) atoms. The summed E-state index contributed by atoms with van der Waals surface area (Å²) in [6.45, 7) is 5.23. The minimum Gasteiger partial charge on any atom is -0.429 e. The fourth-order valence-corrected chi connectivity index (χ4v) is 1.82. The zero-order valence-electron chi connectivity index (χ0n) is 15.1. The largest absolute Gasteiger partial charge is 0.514 e. The molecule has 0 saturated heterocycles. The van der Waals surface area contributed by atoms with Crippen molar-refractivity contribution in [3.63, 3.8) is 0 Å². The van der Waals surface area contributed by atoms with Gasteiger partial charge in [0, 0.05) is 12.1 Å². The van der Waals surface area contributed by atoms with Gasteiger partial charge in [0.25, 0.3) is 5.69 Å². The number of carbonyl (C=O) groups is 2. The molecular formula is C19H19NO7. The molecule has 2 rings (SSSR count). The van der Waals surface area contributed by atoms with E-state index in [0.717, 1.165) is 0 Å². The number of nitro groups is 1. The van der Waals surface area contributed by atoms with Crippen molar-refractivity contribution < 1.29 is 28.7 Å². The second kappa shape index (κ2) is 8.31. The molecule has 0 saturated carbocycles. The number of nitrogens with zero attached hydrogens (tertiary/aromatic N) is 1. The third-order valence-electron chi connectivity index (χ3n) is 3.35. The first kappa shape index (κ1) is 19.9. The molecule has 0 fully saturated rings. The number of rotatable bonds is 5. The number of hydrogen-bond acceptors (Lipinski definition) is 7. The Balaban J connectivity index is 1.84. The number of ether oxygens (including phenoxy) is 3. The Morgan fingerprint density at radius 1 is 0.926 bits per heavy atom. The summed E-state index contributed by atoms with van der Waals surface area (Å²) in [6.07, 6.45) is -0.938. The molecule has 0 bridgehead atoms. The van der Waals surface area contributed by atoms with Gasteiger partial charge >= 0.3 is 12.1 Å². The first-order valence-corrected chi connectivity index (χ1v) is 8.05. The molecule has 2 aromatic rings. The standard InChI is InChI=1S/C19H19NO7/c1-19(2,3)17(21)26-15-8-4-13(5-9-15)12-25-18(22)27-16-10-6-14(7-11-16)20(23)24/h4-11H,12H2,1-3H3. The maximum atomic E-state index is 11.8. The Hall–Kier alpha value is -3.42. The van der Waals surface area contributed by atoms with E-state index in [0.29, 0.717) is 11.3 Å². The molecule has 0 heterocycles. The summed E-state index contributed by atoms with van der Waals surface area (Å²) in [5.74, 6) is 0.181. The summed E-state index contributed by atoms with van der Waals surface area (Å²) >= 11 is 0. The minimum atomic E-state index is -0.938. The molecule has 0 unspecified atom stereocenters. The molecule has 0 spiro atoms. The number of nitro benzene ring substituents is 1. The molecule has 0 aliphatic heterocycles. The normalized spacial score (nSPS) is 10.8. The lowest BCUT2D eigenvalue weighted by atomic mass is 9.97. The molecule has 142 valence electrons. The summed E-state index contributed by atoms with van der Waals surface area (Å²) in [7, 11) is 0. The first-order valence-electron chi connectivity index (χ1n) is 8.05. The average molecular weight is 373 g/mol. The van der Waals surface area contributed by atoms with Crippen LogP contribution >= 0.6 is 0 Å². The summed E-state index contributed by atoms with van der Waals surface area (Å²) in [5.41, 5.74) is -0.0437. The van der Waals surface area contributed by atoms with Crippen molar-refractivity contribution >= 4 is 17.8 Å². The highest BCUT2D eigenvalue weighted by molar-refractivity contribution is 5.77. The molecule has 0 amide bonds. The van der Waals surface area contributed by atoms with Crippen molar-refractivity contribution in [2.45, 2.75) is 27.4 Å². The van der Waals surface area contributed by atoms with E-state index in [1.807, 2.05) is 0 Å². The lowest BCUT2D eigenvalue weighted by molar-refractivity contribution is -0.384. The lowest BCUT2D eigenvalue weighted by Gasteiger charge is -2.16. The van der Waals surface area contributed by atoms with Gasteiger partial charge in [-0.25, -0.2) is 4.79 Å². The van der Waals surface area contributed by atoms with Gasteiger partial charge in [-0.15, -0.1) is 0 Å². The van der Waals surface area contributed by atoms with Crippen LogP contribution in [0.1, 0.15) is 26.3 Å². The van der Waals surface area contributed by atoms with Crippen LogP contribution in [0.15, 0.2) is 48.5 Å². The highest BCUT2D eigenvalue weighted by Gasteiger charge is 2.23. The molecule has 0 radical (unpaired) electrons. The number of carbonyl (C=O) groups excluding carboxylic acids is 2. The van der Waals surface area contributed by atoms with Crippen molar-refractivity contribution in [2.75, 3.05) is 0 Å². The summed E-state index contributed by atoms with van der Waals surface area (Å²) in [5, 5.41) is 10.6.